The lowest BCUT2D eigenvalue weighted by atomic mass is 9.35. The number of carbonyl (C=O) groups is 5. The Bertz CT molecular complexity index is 1210. The Morgan fingerprint density at radius 3 is 2.11 bits per heavy atom. The van der Waals surface area contributed by atoms with Crippen LogP contribution in [-0.4, -0.2) is 44.7 Å². The Morgan fingerprint density at radius 2 is 1.60 bits per heavy atom. The normalized spacial score (nSPS) is 40.9. The summed E-state index contributed by atoms with van der Waals surface area (Å²) in [6.45, 7) is 13.4. The highest BCUT2D eigenvalue weighted by Crippen LogP contribution is 2.69. The predicted octanol–water partition coefficient (Wildman–Crippen LogP) is 3.21. The van der Waals surface area contributed by atoms with Gasteiger partial charge in [-0.15, -0.1) is 0 Å². The van der Waals surface area contributed by atoms with E-state index < -0.39 is 74.9 Å². The Hall–Kier alpha value is -2.67. The van der Waals surface area contributed by atoms with Gasteiger partial charge in [-0.2, -0.15) is 0 Å². The second-order valence-electron chi connectivity index (χ2n) is 11.7. The molecule has 2 fully saturated rings. The van der Waals surface area contributed by atoms with Crippen molar-refractivity contribution >= 4 is 28.9 Å². The van der Waals surface area contributed by atoms with E-state index >= 15 is 0 Å². The maximum absolute atomic E-state index is 14.3. The second-order valence-corrected chi connectivity index (χ2v) is 11.7. The van der Waals surface area contributed by atoms with Crippen LogP contribution in [0.25, 0.3) is 0 Å². The van der Waals surface area contributed by atoms with Crippen molar-refractivity contribution in [3.63, 3.8) is 0 Å². The lowest BCUT2D eigenvalue weighted by Crippen LogP contribution is -2.79. The fourth-order valence-corrected chi connectivity index (χ4v) is 7.90. The molecule has 7 nitrogen and oxygen atoms in total. The van der Waals surface area contributed by atoms with Crippen molar-refractivity contribution in [3.8, 4) is 5.75 Å². The molecule has 2 N–H and O–H groups in total. The van der Waals surface area contributed by atoms with Crippen molar-refractivity contribution in [1.29, 1.82) is 0 Å². The summed E-state index contributed by atoms with van der Waals surface area (Å²) in [6.07, 6.45) is 0. The van der Waals surface area contributed by atoms with Gasteiger partial charge < -0.3 is 10.2 Å². The van der Waals surface area contributed by atoms with E-state index in [4.69, 9.17) is 0 Å². The van der Waals surface area contributed by atoms with Crippen LogP contribution in [0.1, 0.15) is 75.9 Å². The molecule has 2 saturated carbocycles. The molecule has 0 aromatic heterocycles. The van der Waals surface area contributed by atoms with Crippen LogP contribution >= 0.6 is 0 Å². The average molecular weight is 483 g/mol. The number of aliphatic hydroxyl groups is 1. The number of phenols is 1. The maximum Gasteiger partial charge on any atom is 0.190 e. The van der Waals surface area contributed by atoms with E-state index in [-0.39, 0.29) is 17.2 Å². The van der Waals surface area contributed by atoms with Gasteiger partial charge in [-0.1, -0.05) is 53.7 Å². The molecule has 0 spiro atoms. The number of aryl methyl sites for hydroxylation is 1. The van der Waals surface area contributed by atoms with Gasteiger partial charge in [0, 0.05) is 11.3 Å². The SMILES string of the molecule is CC(=O)C1C(=O)C(C(C)C)[C@@]2(C)[C@H](C)[C@]3(C)C(C(=O)c4c(ccc(C)c4O)[C@H]3C)C(=O)[C@@]2(O)C1=O. The zero-order chi connectivity index (χ0) is 26.6. The predicted molar refractivity (Wildman–Crippen MR) is 127 cm³/mol. The number of carbonyl (C=O) groups excluding carboxylic acids is 5. The summed E-state index contributed by atoms with van der Waals surface area (Å²) in [5, 5.41) is 22.9. The molecule has 188 valence electrons. The molecule has 0 bridgehead atoms. The topological polar surface area (TPSA) is 126 Å². The van der Waals surface area contributed by atoms with Crippen LogP contribution in [-0.2, 0) is 19.2 Å². The number of rotatable bonds is 2. The van der Waals surface area contributed by atoms with Gasteiger partial charge >= 0.3 is 0 Å². The number of aromatic hydroxyl groups is 1. The number of hydrogen-bond acceptors (Lipinski definition) is 7. The summed E-state index contributed by atoms with van der Waals surface area (Å²) >= 11 is 0. The van der Waals surface area contributed by atoms with Crippen molar-refractivity contribution in [2.45, 2.75) is 66.9 Å². The molecule has 7 heteroatoms. The van der Waals surface area contributed by atoms with E-state index in [2.05, 4.69) is 0 Å². The van der Waals surface area contributed by atoms with Gasteiger partial charge in [-0.25, -0.2) is 0 Å². The summed E-state index contributed by atoms with van der Waals surface area (Å²) in [4.78, 5) is 68.0. The highest BCUT2D eigenvalue weighted by Gasteiger charge is 2.79. The van der Waals surface area contributed by atoms with Crippen molar-refractivity contribution in [1.82, 2.24) is 0 Å². The largest absolute Gasteiger partial charge is 0.507 e. The number of benzene rings is 1. The quantitative estimate of drug-likeness (QED) is 0.620. The highest BCUT2D eigenvalue weighted by atomic mass is 16.3. The van der Waals surface area contributed by atoms with Gasteiger partial charge in [0.2, 0.25) is 0 Å². The zero-order valence-electron chi connectivity index (χ0n) is 21.6. The molecular weight excluding hydrogens is 448 g/mol. The first kappa shape index (κ1) is 25.4. The molecule has 35 heavy (non-hydrogen) atoms. The molecule has 0 radical (unpaired) electrons. The minimum Gasteiger partial charge on any atom is -0.507 e. The molecule has 1 aromatic carbocycles. The molecule has 8 atom stereocenters. The molecule has 0 saturated heterocycles. The van der Waals surface area contributed by atoms with Crippen LogP contribution in [0.15, 0.2) is 12.1 Å². The summed E-state index contributed by atoms with van der Waals surface area (Å²) in [7, 11) is 0. The van der Waals surface area contributed by atoms with E-state index in [1.807, 2.05) is 6.92 Å². The molecule has 3 aliphatic rings. The van der Waals surface area contributed by atoms with E-state index in [1.54, 1.807) is 53.7 Å². The first-order valence-corrected chi connectivity index (χ1v) is 12.2. The average Bonchev–Trinajstić information content (AvgIpc) is 2.75. The monoisotopic (exact) mass is 482 g/mol. The van der Waals surface area contributed by atoms with Crippen molar-refractivity contribution < 1.29 is 34.2 Å². The number of fused-ring (bicyclic) bond motifs is 3. The van der Waals surface area contributed by atoms with Crippen molar-refractivity contribution in [2.75, 3.05) is 0 Å². The highest BCUT2D eigenvalue weighted by molar-refractivity contribution is 6.32. The summed E-state index contributed by atoms with van der Waals surface area (Å²) in [5.74, 6) is -9.80. The van der Waals surface area contributed by atoms with Crippen LogP contribution in [0.2, 0.25) is 0 Å². The van der Waals surface area contributed by atoms with Crippen molar-refractivity contribution in [2.24, 2.45) is 40.4 Å². The fourth-order valence-electron chi connectivity index (χ4n) is 7.90. The van der Waals surface area contributed by atoms with E-state index in [9.17, 15) is 34.2 Å². The first-order valence-electron chi connectivity index (χ1n) is 12.2. The summed E-state index contributed by atoms with van der Waals surface area (Å²) in [5.41, 5.74) is -4.17. The Labute approximate surface area is 205 Å². The van der Waals surface area contributed by atoms with E-state index in [0.717, 1.165) is 6.92 Å². The molecule has 0 heterocycles. The first-order chi connectivity index (χ1) is 16.0. The Balaban J connectivity index is 2.08. The molecule has 3 aliphatic carbocycles. The minimum absolute atomic E-state index is 0.0376. The Kier molecular flexibility index (Phi) is 5.39. The zero-order valence-corrected chi connectivity index (χ0v) is 21.6. The van der Waals surface area contributed by atoms with Crippen LogP contribution in [0.3, 0.4) is 0 Å². The fraction of sp³-hybridized carbons (Fsp3) is 0.607. The van der Waals surface area contributed by atoms with Gasteiger partial charge in [-0.3, -0.25) is 24.0 Å². The van der Waals surface area contributed by atoms with Crippen LogP contribution in [0.5, 0.6) is 5.75 Å². The molecular formula is C28H34O7. The molecule has 1 aromatic rings. The van der Waals surface area contributed by atoms with Crippen LogP contribution < -0.4 is 0 Å². The third-order valence-corrected chi connectivity index (χ3v) is 10.1. The lowest BCUT2D eigenvalue weighted by Gasteiger charge is -2.66. The molecule has 0 amide bonds. The number of ketones is 5. The van der Waals surface area contributed by atoms with Crippen LogP contribution in [0, 0.1) is 47.3 Å². The van der Waals surface area contributed by atoms with Gasteiger partial charge in [-0.05, 0) is 48.1 Å². The van der Waals surface area contributed by atoms with Gasteiger partial charge in [0.05, 0.1) is 11.5 Å². The summed E-state index contributed by atoms with van der Waals surface area (Å²) < 4.78 is 0. The Morgan fingerprint density at radius 1 is 1.03 bits per heavy atom. The third-order valence-electron chi connectivity index (χ3n) is 10.1. The number of hydrogen-bond donors (Lipinski definition) is 2. The number of Topliss-reactive ketones (excluding diaryl/α,β-unsaturated/α-hetero) is 5. The van der Waals surface area contributed by atoms with Crippen LogP contribution in [0.4, 0.5) is 0 Å². The second kappa shape index (κ2) is 7.42. The van der Waals surface area contributed by atoms with E-state index in [0.29, 0.717) is 11.1 Å². The standard InChI is InChI=1S/C28H34O7/c1-11(2)19-22(31)17(14(5)29)24(33)28(35)25(34)20-23(32)18-16(10-9-12(3)21(18)30)13(4)26(20,7)15(6)27(19,28)8/h9-11,13,15,17,19-20,30,35H,1-8H3/t13-,15-,17?,19?,20?,26-,27-,28+/m1/s1. The molecule has 4 rings (SSSR count). The summed E-state index contributed by atoms with van der Waals surface area (Å²) in [6, 6.07) is 3.49. The van der Waals surface area contributed by atoms with Crippen molar-refractivity contribution in [3.05, 3.63) is 28.8 Å². The smallest absolute Gasteiger partial charge is 0.190 e. The lowest BCUT2D eigenvalue weighted by molar-refractivity contribution is -0.222. The van der Waals surface area contributed by atoms with E-state index in [1.165, 1.54) is 0 Å². The minimum atomic E-state index is -2.69. The molecule has 0 aliphatic heterocycles. The van der Waals surface area contributed by atoms with Gasteiger partial charge in [0.25, 0.3) is 0 Å². The van der Waals surface area contributed by atoms with Gasteiger partial charge in [0.15, 0.2) is 28.7 Å². The third kappa shape index (κ3) is 2.62. The molecule has 3 unspecified atom stereocenters. The maximum atomic E-state index is 14.3. The number of phenolic OH excluding ortho intramolecular Hbond substituents is 1. The van der Waals surface area contributed by atoms with Gasteiger partial charge in [0.1, 0.15) is 17.5 Å².